The van der Waals surface area contributed by atoms with Gasteiger partial charge in [-0.2, -0.15) is 0 Å². The second kappa shape index (κ2) is 2.82. The van der Waals surface area contributed by atoms with Crippen LogP contribution in [0.25, 0.3) is 0 Å². The number of ether oxygens (including phenoxy) is 1. The summed E-state index contributed by atoms with van der Waals surface area (Å²) in [5.74, 6) is -0.108. The molecule has 0 aromatic heterocycles. The van der Waals surface area contributed by atoms with Gasteiger partial charge in [0.05, 0.1) is 6.61 Å². The molecule has 1 N–H and O–H groups in total. The molecule has 3 heteroatoms. The predicted molar refractivity (Wildman–Crippen MR) is 33.0 cm³/mol. The molecule has 1 atom stereocenters. The number of nitrogens with one attached hydrogen (secondary N) is 1. The summed E-state index contributed by atoms with van der Waals surface area (Å²) < 4.78 is 4.78. The van der Waals surface area contributed by atoms with Crippen LogP contribution in [-0.4, -0.2) is 25.7 Å². The average molecular weight is 129 g/mol. The second-order valence-corrected chi connectivity index (χ2v) is 2.15. The van der Waals surface area contributed by atoms with Crippen LogP contribution in [0.2, 0.25) is 0 Å². The normalized spacial score (nSPS) is 27.7. The Kier molecular flexibility index (Phi) is 2.05. The molecule has 0 radical (unpaired) electrons. The molecule has 0 bridgehead atoms. The van der Waals surface area contributed by atoms with Gasteiger partial charge in [0.25, 0.3) is 0 Å². The summed E-state index contributed by atoms with van der Waals surface area (Å²) in [4.78, 5) is 10.7. The molecule has 0 spiro atoms. The maximum atomic E-state index is 10.7. The lowest BCUT2D eigenvalue weighted by atomic mass is 10.1. The van der Waals surface area contributed by atoms with Gasteiger partial charge < -0.3 is 10.1 Å². The monoisotopic (exact) mass is 129 g/mol. The standard InChI is InChI=1S/C6H11NO2/c1-7-5-3-2-4-9-6(5)8/h5,7H,2-4H2,1H3/t5-/m1/s1. The highest BCUT2D eigenvalue weighted by atomic mass is 16.5. The van der Waals surface area contributed by atoms with Crippen molar-refractivity contribution in [2.75, 3.05) is 13.7 Å². The van der Waals surface area contributed by atoms with E-state index in [0.717, 1.165) is 12.8 Å². The van der Waals surface area contributed by atoms with Gasteiger partial charge in [0.2, 0.25) is 0 Å². The van der Waals surface area contributed by atoms with Gasteiger partial charge in [-0.15, -0.1) is 0 Å². The lowest BCUT2D eigenvalue weighted by Crippen LogP contribution is -2.38. The molecule has 0 aromatic rings. The highest BCUT2D eigenvalue weighted by Crippen LogP contribution is 2.05. The first-order chi connectivity index (χ1) is 4.34. The van der Waals surface area contributed by atoms with Crippen LogP contribution in [-0.2, 0) is 9.53 Å². The Morgan fingerprint density at radius 2 is 2.56 bits per heavy atom. The van der Waals surface area contributed by atoms with E-state index in [0.29, 0.717) is 6.61 Å². The Morgan fingerprint density at radius 3 is 3.00 bits per heavy atom. The molecular formula is C6H11NO2. The fraction of sp³-hybridized carbons (Fsp3) is 0.833. The molecule has 1 aliphatic heterocycles. The highest BCUT2D eigenvalue weighted by Gasteiger charge is 2.21. The Morgan fingerprint density at radius 1 is 1.78 bits per heavy atom. The number of likely N-dealkylation sites (N-methyl/N-ethyl adjacent to an activating group) is 1. The Hall–Kier alpha value is -0.570. The first-order valence-electron chi connectivity index (χ1n) is 3.18. The molecule has 0 amide bonds. The molecule has 1 fully saturated rings. The van der Waals surface area contributed by atoms with Crippen molar-refractivity contribution in [3.8, 4) is 0 Å². The maximum Gasteiger partial charge on any atom is 0.323 e. The van der Waals surface area contributed by atoms with E-state index in [1.807, 2.05) is 0 Å². The maximum absolute atomic E-state index is 10.7. The summed E-state index contributed by atoms with van der Waals surface area (Å²) in [6.45, 7) is 0.594. The third-order valence-corrected chi connectivity index (χ3v) is 1.51. The molecule has 1 saturated heterocycles. The number of hydrogen-bond donors (Lipinski definition) is 1. The van der Waals surface area contributed by atoms with Gasteiger partial charge in [-0.1, -0.05) is 0 Å². The van der Waals surface area contributed by atoms with Crippen LogP contribution in [0.1, 0.15) is 12.8 Å². The number of rotatable bonds is 1. The van der Waals surface area contributed by atoms with E-state index in [1.54, 1.807) is 7.05 Å². The van der Waals surface area contributed by atoms with Crippen molar-refractivity contribution in [1.82, 2.24) is 5.32 Å². The van der Waals surface area contributed by atoms with E-state index >= 15 is 0 Å². The zero-order chi connectivity index (χ0) is 6.69. The van der Waals surface area contributed by atoms with E-state index in [1.165, 1.54) is 0 Å². The van der Waals surface area contributed by atoms with Crippen LogP contribution < -0.4 is 5.32 Å². The number of carbonyl (C=O) groups excluding carboxylic acids is 1. The summed E-state index contributed by atoms with van der Waals surface area (Å²) in [7, 11) is 1.78. The molecule has 1 aliphatic rings. The number of hydrogen-bond acceptors (Lipinski definition) is 3. The van der Waals surface area contributed by atoms with Crippen molar-refractivity contribution in [1.29, 1.82) is 0 Å². The van der Waals surface area contributed by atoms with Crippen molar-refractivity contribution >= 4 is 5.97 Å². The van der Waals surface area contributed by atoms with Gasteiger partial charge in [-0.05, 0) is 19.9 Å². The largest absolute Gasteiger partial charge is 0.465 e. The predicted octanol–water partition coefficient (Wildman–Crippen LogP) is -0.0886. The molecule has 0 aromatic carbocycles. The summed E-state index contributed by atoms with van der Waals surface area (Å²) in [5.41, 5.74) is 0. The van der Waals surface area contributed by atoms with E-state index in [9.17, 15) is 4.79 Å². The zero-order valence-corrected chi connectivity index (χ0v) is 5.52. The highest BCUT2D eigenvalue weighted by molar-refractivity contribution is 5.76. The average Bonchev–Trinajstić information content (AvgIpc) is 1.89. The Bertz CT molecular complexity index is 114. The number of cyclic esters (lactones) is 1. The van der Waals surface area contributed by atoms with Gasteiger partial charge in [-0.25, -0.2) is 0 Å². The molecule has 0 aliphatic carbocycles. The molecule has 1 heterocycles. The Balaban J connectivity index is 2.39. The molecule has 0 saturated carbocycles. The molecular weight excluding hydrogens is 118 g/mol. The van der Waals surface area contributed by atoms with Crippen LogP contribution in [0.3, 0.4) is 0 Å². The van der Waals surface area contributed by atoms with Crippen molar-refractivity contribution < 1.29 is 9.53 Å². The SMILES string of the molecule is CN[C@@H]1CCCOC1=O. The quantitative estimate of drug-likeness (QED) is 0.503. The fourth-order valence-electron chi connectivity index (χ4n) is 0.941. The lowest BCUT2D eigenvalue weighted by molar-refractivity contribution is -0.149. The van der Waals surface area contributed by atoms with Crippen LogP contribution in [0.5, 0.6) is 0 Å². The topological polar surface area (TPSA) is 38.3 Å². The summed E-state index contributed by atoms with van der Waals surface area (Å²) in [5, 5.41) is 2.88. The molecule has 0 unspecified atom stereocenters. The van der Waals surface area contributed by atoms with Gasteiger partial charge in [0.1, 0.15) is 6.04 Å². The van der Waals surface area contributed by atoms with E-state index in [-0.39, 0.29) is 12.0 Å². The van der Waals surface area contributed by atoms with Crippen LogP contribution >= 0.6 is 0 Å². The van der Waals surface area contributed by atoms with E-state index in [4.69, 9.17) is 4.74 Å². The minimum absolute atomic E-state index is 0.0567. The summed E-state index contributed by atoms with van der Waals surface area (Å²) >= 11 is 0. The minimum atomic E-state index is -0.108. The van der Waals surface area contributed by atoms with Gasteiger partial charge in [-0.3, -0.25) is 4.79 Å². The van der Waals surface area contributed by atoms with Gasteiger partial charge >= 0.3 is 5.97 Å². The molecule has 1 rings (SSSR count). The minimum Gasteiger partial charge on any atom is -0.465 e. The van der Waals surface area contributed by atoms with Gasteiger partial charge in [0.15, 0.2) is 0 Å². The van der Waals surface area contributed by atoms with Crippen molar-refractivity contribution in [2.24, 2.45) is 0 Å². The smallest absolute Gasteiger partial charge is 0.323 e. The van der Waals surface area contributed by atoms with Crippen LogP contribution in [0, 0.1) is 0 Å². The van der Waals surface area contributed by atoms with Crippen molar-refractivity contribution in [3.63, 3.8) is 0 Å². The molecule has 3 nitrogen and oxygen atoms in total. The lowest BCUT2D eigenvalue weighted by Gasteiger charge is -2.19. The van der Waals surface area contributed by atoms with Gasteiger partial charge in [0, 0.05) is 0 Å². The van der Waals surface area contributed by atoms with Crippen molar-refractivity contribution in [3.05, 3.63) is 0 Å². The third-order valence-electron chi connectivity index (χ3n) is 1.51. The first kappa shape index (κ1) is 6.55. The second-order valence-electron chi connectivity index (χ2n) is 2.15. The fourth-order valence-corrected chi connectivity index (χ4v) is 0.941. The Labute approximate surface area is 54.4 Å². The molecule has 9 heavy (non-hydrogen) atoms. The van der Waals surface area contributed by atoms with Crippen molar-refractivity contribution in [2.45, 2.75) is 18.9 Å². The summed E-state index contributed by atoms with van der Waals surface area (Å²) in [6, 6.07) is -0.0567. The summed E-state index contributed by atoms with van der Waals surface area (Å²) in [6.07, 6.45) is 1.90. The zero-order valence-electron chi connectivity index (χ0n) is 5.52. The third kappa shape index (κ3) is 1.42. The van der Waals surface area contributed by atoms with E-state index in [2.05, 4.69) is 5.32 Å². The number of carbonyl (C=O) groups is 1. The number of esters is 1. The van der Waals surface area contributed by atoms with E-state index < -0.39 is 0 Å². The van der Waals surface area contributed by atoms with Crippen LogP contribution in [0.15, 0.2) is 0 Å². The molecule has 52 valence electrons. The van der Waals surface area contributed by atoms with Crippen LogP contribution in [0.4, 0.5) is 0 Å². The first-order valence-corrected chi connectivity index (χ1v) is 3.18.